The van der Waals surface area contributed by atoms with Gasteiger partial charge in [0, 0.05) is 25.2 Å². The van der Waals surface area contributed by atoms with E-state index < -0.39 is 0 Å². The van der Waals surface area contributed by atoms with Crippen LogP contribution in [0.2, 0.25) is 0 Å². The Morgan fingerprint density at radius 1 is 1.37 bits per heavy atom. The van der Waals surface area contributed by atoms with Crippen molar-refractivity contribution in [1.29, 1.82) is 0 Å². The van der Waals surface area contributed by atoms with E-state index in [-0.39, 0.29) is 6.04 Å². The van der Waals surface area contributed by atoms with Gasteiger partial charge in [-0.25, -0.2) is 0 Å². The van der Waals surface area contributed by atoms with Crippen LogP contribution in [0.3, 0.4) is 0 Å². The molecule has 0 aliphatic carbocycles. The number of benzene rings is 1. The lowest BCUT2D eigenvalue weighted by atomic mass is 9.97. The first-order chi connectivity index (χ1) is 9.30. The molecule has 0 saturated carbocycles. The number of nitrogens with zero attached hydrogens (tertiary/aromatic N) is 1. The van der Waals surface area contributed by atoms with Crippen molar-refractivity contribution in [3.8, 4) is 12.3 Å². The molecule has 1 aliphatic heterocycles. The molecule has 0 aromatic heterocycles. The van der Waals surface area contributed by atoms with Crippen molar-refractivity contribution < 1.29 is 0 Å². The van der Waals surface area contributed by atoms with Gasteiger partial charge in [0.25, 0.3) is 0 Å². The van der Waals surface area contributed by atoms with E-state index in [1.165, 1.54) is 5.56 Å². The fraction of sp³-hybridized carbons (Fsp3) is 0.529. The Bertz CT molecular complexity index is 421. The molecule has 1 heterocycles. The molecular weight excluding hydrogens is 232 g/mol. The van der Waals surface area contributed by atoms with Gasteiger partial charge in [-0.2, -0.15) is 0 Å². The largest absolute Gasteiger partial charge is 0.311 e. The second-order valence-electron chi connectivity index (χ2n) is 5.23. The standard InChI is InChI=1S/C17H24N2/c1-4-15-13-19(16(5-2)6-3)17(12-18-15)14-10-8-7-9-11-14/h2,7-11,15-18H,4,6,12-13H2,1,3H3. The van der Waals surface area contributed by atoms with Crippen molar-refractivity contribution in [1.82, 2.24) is 10.2 Å². The van der Waals surface area contributed by atoms with Gasteiger partial charge in [-0.05, 0) is 18.4 Å². The van der Waals surface area contributed by atoms with E-state index in [0.29, 0.717) is 12.1 Å². The van der Waals surface area contributed by atoms with Crippen molar-refractivity contribution in [3.63, 3.8) is 0 Å². The number of terminal acetylenes is 1. The Balaban J connectivity index is 2.23. The average Bonchev–Trinajstić information content (AvgIpc) is 2.49. The van der Waals surface area contributed by atoms with Crippen LogP contribution in [0.15, 0.2) is 30.3 Å². The van der Waals surface area contributed by atoms with Crippen LogP contribution in [-0.4, -0.2) is 30.1 Å². The van der Waals surface area contributed by atoms with Crippen LogP contribution in [0, 0.1) is 12.3 Å². The summed E-state index contributed by atoms with van der Waals surface area (Å²) in [5.41, 5.74) is 1.36. The van der Waals surface area contributed by atoms with Crippen LogP contribution in [0.1, 0.15) is 38.3 Å². The van der Waals surface area contributed by atoms with Gasteiger partial charge in [0.05, 0.1) is 6.04 Å². The summed E-state index contributed by atoms with van der Waals surface area (Å²) in [5, 5.41) is 3.64. The van der Waals surface area contributed by atoms with Crippen molar-refractivity contribution in [2.45, 2.75) is 44.8 Å². The molecule has 0 radical (unpaired) electrons. The maximum atomic E-state index is 5.73. The third kappa shape index (κ3) is 3.18. The monoisotopic (exact) mass is 256 g/mol. The smallest absolute Gasteiger partial charge is 0.0715 e. The maximum Gasteiger partial charge on any atom is 0.0715 e. The first-order valence-corrected chi connectivity index (χ1v) is 7.30. The summed E-state index contributed by atoms with van der Waals surface area (Å²) in [4.78, 5) is 2.50. The summed E-state index contributed by atoms with van der Waals surface area (Å²) in [7, 11) is 0. The lowest BCUT2D eigenvalue weighted by Crippen LogP contribution is -2.54. The molecule has 1 aromatic rings. The quantitative estimate of drug-likeness (QED) is 0.833. The molecule has 1 aliphatic rings. The second-order valence-corrected chi connectivity index (χ2v) is 5.23. The Kier molecular flexibility index (Phi) is 5.01. The minimum Gasteiger partial charge on any atom is -0.311 e. The first-order valence-electron chi connectivity index (χ1n) is 7.30. The SMILES string of the molecule is C#CC(CC)N1CC(CC)NCC1c1ccccc1. The third-order valence-electron chi connectivity index (χ3n) is 4.09. The van der Waals surface area contributed by atoms with E-state index in [1.807, 2.05) is 0 Å². The molecular formula is C17H24N2. The average molecular weight is 256 g/mol. The lowest BCUT2D eigenvalue weighted by Gasteiger charge is -2.43. The Morgan fingerprint density at radius 3 is 2.68 bits per heavy atom. The number of hydrogen-bond donors (Lipinski definition) is 1. The lowest BCUT2D eigenvalue weighted by molar-refractivity contribution is 0.102. The first kappa shape index (κ1) is 14.1. The van der Waals surface area contributed by atoms with Crippen LogP contribution < -0.4 is 5.32 Å². The number of piperazine rings is 1. The van der Waals surface area contributed by atoms with E-state index in [1.54, 1.807) is 0 Å². The highest BCUT2D eigenvalue weighted by molar-refractivity contribution is 5.21. The molecule has 3 unspecified atom stereocenters. The van der Waals surface area contributed by atoms with Crippen molar-refractivity contribution >= 4 is 0 Å². The van der Waals surface area contributed by atoms with Crippen LogP contribution in [0.5, 0.6) is 0 Å². The normalized spacial score (nSPS) is 25.7. The molecule has 0 bridgehead atoms. The van der Waals surface area contributed by atoms with E-state index in [0.717, 1.165) is 25.9 Å². The molecule has 1 N–H and O–H groups in total. The zero-order chi connectivity index (χ0) is 13.7. The van der Waals surface area contributed by atoms with E-state index in [4.69, 9.17) is 6.42 Å². The maximum absolute atomic E-state index is 5.73. The zero-order valence-electron chi connectivity index (χ0n) is 12.0. The van der Waals surface area contributed by atoms with Gasteiger partial charge in [-0.15, -0.1) is 6.42 Å². The van der Waals surface area contributed by atoms with Gasteiger partial charge >= 0.3 is 0 Å². The molecule has 2 heteroatoms. The van der Waals surface area contributed by atoms with Crippen LogP contribution in [0.25, 0.3) is 0 Å². The summed E-state index contributed by atoms with van der Waals surface area (Å²) in [6, 6.07) is 11.9. The minimum absolute atomic E-state index is 0.237. The van der Waals surface area contributed by atoms with Crippen LogP contribution in [-0.2, 0) is 0 Å². The summed E-state index contributed by atoms with van der Waals surface area (Å²) < 4.78 is 0. The van der Waals surface area contributed by atoms with Gasteiger partial charge in [-0.1, -0.05) is 50.1 Å². The van der Waals surface area contributed by atoms with E-state index in [9.17, 15) is 0 Å². The minimum atomic E-state index is 0.237. The summed E-state index contributed by atoms with van der Waals surface area (Å²) in [6.45, 7) is 6.44. The highest BCUT2D eigenvalue weighted by Gasteiger charge is 2.31. The zero-order valence-corrected chi connectivity index (χ0v) is 12.0. The molecule has 19 heavy (non-hydrogen) atoms. The van der Waals surface area contributed by atoms with E-state index in [2.05, 4.69) is 60.3 Å². The molecule has 0 spiro atoms. The van der Waals surface area contributed by atoms with Gasteiger partial charge in [0.1, 0.15) is 0 Å². The molecule has 3 atom stereocenters. The van der Waals surface area contributed by atoms with Crippen LogP contribution in [0.4, 0.5) is 0 Å². The Morgan fingerprint density at radius 2 is 2.11 bits per heavy atom. The molecule has 1 aromatic carbocycles. The van der Waals surface area contributed by atoms with Gasteiger partial charge in [0.2, 0.25) is 0 Å². The van der Waals surface area contributed by atoms with Crippen molar-refractivity contribution in [2.24, 2.45) is 0 Å². The highest BCUT2D eigenvalue weighted by Crippen LogP contribution is 2.27. The predicted octanol–water partition coefficient (Wildman–Crippen LogP) is 2.82. The highest BCUT2D eigenvalue weighted by atomic mass is 15.3. The summed E-state index contributed by atoms with van der Waals surface area (Å²) >= 11 is 0. The fourth-order valence-corrected chi connectivity index (χ4v) is 2.89. The number of rotatable bonds is 4. The van der Waals surface area contributed by atoms with Crippen molar-refractivity contribution in [3.05, 3.63) is 35.9 Å². The molecule has 1 saturated heterocycles. The third-order valence-corrected chi connectivity index (χ3v) is 4.09. The number of hydrogen-bond acceptors (Lipinski definition) is 2. The van der Waals surface area contributed by atoms with Crippen LogP contribution >= 0.6 is 0 Å². The van der Waals surface area contributed by atoms with Gasteiger partial charge in [-0.3, -0.25) is 4.90 Å². The van der Waals surface area contributed by atoms with E-state index >= 15 is 0 Å². The number of nitrogens with one attached hydrogen (secondary N) is 1. The molecule has 2 rings (SSSR count). The van der Waals surface area contributed by atoms with Gasteiger partial charge < -0.3 is 5.32 Å². The molecule has 2 nitrogen and oxygen atoms in total. The molecule has 0 amide bonds. The predicted molar refractivity (Wildman–Crippen MR) is 80.9 cm³/mol. The summed E-state index contributed by atoms with van der Waals surface area (Å²) in [6.07, 6.45) is 7.89. The fourth-order valence-electron chi connectivity index (χ4n) is 2.89. The topological polar surface area (TPSA) is 15.3 Å². The Hall–Kier alpha value is -1.30. The molecule has 1 fully saturated rings. The second kappa shape index (κ2) is 6.75. The Labute approximate surface area is 117 Å². The van der Waals surface area contributed by atoms with Crippen molar-refractivity contribution in [2.75, 3.05) is 13.1 Å². The summed E-state index contributed by atoms with van der Waals surface area (Å²) in [5.74, 6) is 2.96. The molecule has 102 valence electrons. The van der Waals surface area contributed by atoms with Gasteiger partial charge in [0.15, 0.2) is 0 Å².